The molecule has 0 aliphatic heterocycles. The van der Waals surface area contributed by atoms with Crippen molar-refractivity contribution < 1.29 is 8.78 Å². The molecular formula is C7H12F2N4S. The number of nitrogen functional groups attached to an aromatic ring is 1. The molecule has 0 spiro atoms. The second-order valence-electron chi connectivity index (χ2n) is 2.71. The van der Waals surface area contributed by atoms with Crippen molar-refractivity contribution in [3.63, 3.8) is 0 Å². The first-order valence-electron chi connectivity index (χ1n) is 4.28. The minimum atomic E-state index is -2.67. The van der Waals surface area contributed by atoms with Gasteiger partial charge in [-0.2, -0.15) is 0 Å². The summed E-state index contributed by atoms with van der Waals surface area (Å²) in [7, 11) is 0. The molecule has 0 saturated carbocycles. The Morgan fingerprint density at radius 1 is 1.50 bits per heavy atom. The molecule has 7 heteroatoms. The van der Waals surface area contributed by atoms with Gasteiger partial charge in [-0.15, -0.1) is 10.2 Å². The lowest BCUT2D eigenvalue weighted by molar-refractivity contribution is 0.136. The van der Waals surface area contributed by atoms with E-state index >= 15 is 0 Å². The Bertz CT molecular complexity index is 289. The topological polar surface area (TPSA) is 56.7 Å². The lowest BCUT2D eigenvalue weighted by Gasteiger charge is -2.01. The Hall–Kier alpha value is -0.850. The molecule has 0 atom stereocenters. The van der Waals surface area contributed by atoms with Gasteiger partial charge in [0.15, 0.2) is 0 Å². The second-order valence-corrected chi connectivity index (χ2v) is 3.78. The monoisotopic (exact) mass is 222 g/mol. The zero-order chi connectivity index (χ0) is 10.6. The molecule has 1 aromatic heterocycles. The maximum absolute atomic E-state index is 12.2. The normalized spacial score (nSPS) is 11.1. The van der Waals surface area contributed by atoms with Gasteiger partial charge in [-0.1, -0.05) is 25.1 Å². The highest BCUT2D eigenvalue weighted by atomic mass is 32.2. The van der Waals surface area contributed by atoms with Crippen molar-refractivity contribution in [2.75, 3.05) is 11.6 Å². The predicted molar refractivity (Wildman–Crippen MR) is 50.8 cm³/mol. The van der Waals surface area contributed by atoms with Crippen LogP contribution in [0.25, 0.3) is 0 Å². The molecule has 0 fully saturated rings. The maximum atomic E-state index is 12.2. The Morgan fingerprint density at radius 2 is 2.21 bits per heavy atom. The van der Waals surface area contributed by atoms with Crippen LogP contribution in [0.3, 0.4) is 0 Å². The van der Waals surface area contributed by atoms with Gasteiger partial charge in [0.2, 0.25) is 11.0 Å². The van der Waals surface area contributed by atoms with Crippen LogP contribution < -0.4 is 5.84 Å². The summed E-state index contributed by atoms with van der Waals surface area (Å²) in [6.45, 7) is 2.05. The summed E-state index contributed by atoms with van der Waals surface area (Å²) in [6, 6.07) is 0. The van der Waals surface area contributed by atoms with E-state index in [1.807, 2.05) is 0 Å². The minimum Gasteiger partial charge on any atom is -0.335 e. The van der Waals surface area contributed by atoms with Gasteiger partial charge >= 0.3 is 0 Å². The molecule has 1 heterocycles. The number of unbranched alkanes of at least 4 members (excludes halogenated alkanes) is 1. The molecule has 14 heavy (non-hydrogen) atoms. The van der Waals surface area contributed by atoms with E-state index in [2.05, 4.69) is 17.1 Å². The van der Waals surface area contributed by atoms with Crippen LogP contribution in [0.4, 0.5) is 8.78 Å². The van der Waals surface area contributed by atoms with Crippen molar-refractivity contribution in [1.82, 2.24) is 14.9 Å². The Labute approximate surface area is 84.8 Å². The third kappa shape index (κ3) is 2.57. The van der Waals surface area contributed by atoms with Gasteiger partial charge < -0.3 is 5.84 Å². The zero-order valence-corrected chi connectivity index (χ0v) is 8.60. The molecule has 0 amide bonds. The van der Waals surface area contributed by atoms with Gasteiger partial charge in [-0.05, 0) is 6.42 Å². The molecule has 0 saturated heterocycles. The number of nitrogens with two attached hydrogens (primary N) is 1. The summed E-state index contributed by atoms with van der Waals surface area (Å²) in [4.78, 5) is 0. The highest BCUT2D eigenvalue weighted by molar-refractivity contribution is 7.99. The number of alkyl halides is 2. The summed E-state index contributed by atoms with van der Waals surface area (Å²) in [6.07, 6.45) is -0.623. The fourth-order valence-corrected chi connectivity index (χ4v) is 1.79. The quantitative estimate of drug-likeness (QED) is 0.469. The van der Waals surface area contributed by atoms with Gasteiger partial charge in [0, 0.05) is 5.75 Å². The molecule has 0 bridgehead atoms. The summed E-state index contributed by atoms with van der Waals surface area (Å²) >= 11 is 1.34. The molecule has 0 unspecified atom stereocenters. The highest BCUT2D eigenvalue weighted by Crippen LogP contribution is 2.21. The lowest BCUT2D eigenvalue weighted by atomic mass is 10.4. The number of hydrogen-bond acceptors (Lipinski definition) is 4. The van der Waals surface area contributed by atoms with Gasteiger partial charge in [-0.25, -0.2) is 13.5 Å². The zero-order valence-electron chi connectivity index (χ0n) is 7.78. The van der Waals surface area contributed by atoms with Crippen molar-refractivity contribution >= 4 is 11.8 Å². The summed E-state index contributed by atoms with van der Waals surface area (Å²) in [5.41, 5.74) is 0. The summed E-state index contributed by atoms with van der Waals surface area (Å²) in [5.74, 6) is 5.71. The molecule has 80 valence electrons. The van der Waals surface area contributed by atoms with Crippen LogP contribution in [-0.2, 0) is 0 Å². The van der Waals surface area contributed by atoms with E-state index in [1.165, 1.54) is 11.8 Å². The van der Waals surface area contributed by atoms with Gasteiger partial charge in [-0.3, -0.25) is 0 Å². The second kappa shape index (κ2) is 5.14. The standard InChI is InChI=1S/C7H12F2N4S/c1-2-3-4-14-7-12-11-6(5(8)9)13(7)10/h5H,2-4,10H2,1H3. The van der Waals surface area contributed by atoms with Crippen LogP contribution in [0.15, 0.2) is 5.16 Å². The van der Waals surface area contributed by atoms with E-state index in [0.717, 1.165) is 23.3 Å². The van der Waals surface area contributed by atoms with E-state index in [9.17, 15) is 8.78 Å². The molecule has 1 aromatic rings. The van der Waals surface area contributed by atoms with Crippen LogP contribution in [0, 0.1) is 0 Å². The number of rotatable bonds is 5. The van der Waals surface area contributed by atoms with Crippen LogP contribution in [-0.4, -0.2) is 20.6 Å². The van der Waals surface area contributed by atoms with Crippen molar-refractivity contribution in [2.24, 2.45) is 0 Å². The molecule has 1 rings (SSSR count). The van der Waals surface area contributed by atoms with Crippen LogP contribution in [0.5, 0.6) is 0 Å². The SMILES string of the molecule is CCCCSc1nnc(C(F)F)n1N. The van der Waals surface area contributed by atoms with Crippen LogP contribution in [0.1, 0.15) is 32.0 Å². The van der Waals surface area contributed by atoms with Gasteiger partial charge in [0.05, 0.1) is 0 Å². The van der Waals surface area contributed by atoms with E-state index in [4.69, 9.17) is 5.84 Å². The predicted octanol–water partition coefficient (Wildman–Crippen LogP) is 1.82. The Balaban J connectivity index is 2.60. The summed E-state index contributed by atoms with van der Waals surface area (Å²) in [5, 5.41) is 7.23. The van der Waals surface area contributed by atoms with E-state index < -0.39 is 12.2 Å². The molecule has 0 aliphatic carbocycles. The number of halogens is 2. The van der Waals surface area contributed by atoms with E-state index in [1.54, 1.807) is 0 Å². The maximum Gasteiger partial charge on any atom is 0.299 e. The molecule has 0 radical (unpaired) electrons. The number of hydrogen-bond donors (Lipinski definition) is 1. The van der Waals surface area contributed by atoms with E-state index in [0.29, 0.717) is 5.16 Å². The van der Waals surface area contributed by atoms with Crippen molar-refractivity contribution in [1.29, 1.82) is 0 Å². The molecule has 0 aliphatic rings. The van der Waals surface area contributed by atoms with Crippen LogP contribution in [0.2, 0.25) is 0 Å². The first kappa shape index (κ1) is 11.2. The fraction of sp³-hybridized carbons (Fsp3) is 0.714. The van der Waals surface area contributed by atoms with Gasteiger partial charge in [0.25, 0.3) is 6.43 Å². The smallest absolute Gasteiger partial charge is 0.299 e. The van der Waals surface area contributed by atoms with Gasteiger partial charge in [0.1, 0.15) is 0 Å². The third-order valence-electron chi connectivity index (χ3n) is 1.62. The minimum absolute atomic E-state index is 0.341. The molecular weight excluding hydrogens is 210 g/mol. The fourth-order valence-electron chi connectivity index (χ4n) is 0.843. The van der Waals surface area contributed by atoms with E-state index in [-0.39, 0.29) is 0 Å². The third-order valence-corrected chi connectivity index (χ3v) is 2.64. The number of nitrogens with zero attached hydrogens (tertiary/aromatic N) is 3. The average Bonchev–Trinajstić information content (AvgIpc) is 2.48. The van der Waals surface area contributed by atoms with Crippen molar-refractivity contribution in [2.45, 2.75) is 31.3 Å². The van der Waals surface area contributed by atoms with Crippen molar-refractivity contribution in [3.05, 3.63) is 5.82 Å². The lowest BCUT2D eigenvalue weighted by Crippen LogP contribution is -2.14. The number of thioether (sulfide) groups is 1. The van der Waals surface area contributed by atoms with Crippen molar-refractivity contribution in [3.8, 4) is 0 Å². The highest BCUT2D eigenvalue weighted by Gasteiger charge is 2.18. The Kier molecular flexibility index (Phi) is 4.12. The first-order valence-corrected chi connectivity index (χ1v) is 5.26. The largest absolute Gasteiger partial charge is 0.335 e. The molecule has 4 nitrogen and oxygen atoms in total. The Morgan fingerprint density at radius 3 is 2.71 bits per heavy atom. The number of aromatic nitrogens is 3. The van der Waals surface area contributed by atoms with Crippen LogP contribution >= 0.6 is 11.8 Å². The summed E-state index contributed by atoms with van der Waals surface area (Å²) < 4.78 is 25.3. The molecule has 0 aromatic carbocycles. The molecule has 2 N–H and O–H groups in total. The first-order chi connectivity index (χ1) is 6.66. The average molecular weight is 222 g/mol.